The first-order valence-corrected chi connectivity index (χ1v) is 6.22. The van der Waals surface area contributed by atoms with Crippen molar-refractivity contribution >= 4 is 24.1 Å². The SMILES string of the molecule is C=[SiH]O[Si](C)(C)O. The maximum absolute atomic E-state index is 8.92. The van der Waals surface area contributed by atoms with Gasteiger partial charge in [0.15, 0.2) is 9.38 Å². The van der Waals surface area contributed by atoms with Crippen LogP contribution in [0.4, 0.5) is 0 Å². The van der Waals surface area contributed by atoms with E-state index in [0.29, 0.717) is 0 Å². The molecule has 0 fully saturated rings. The van der Waals surface area contributed by atoms with Crippen LogP contribution in [0.1, 0.15) is 0 Å². The van der Waals surface area contributed by atoms with Gasteiger partial charge in [-0.1, -0.05) is 6.17 Å². The molecule has 0 aromatic carbocycles. The first-order valence-electron chi connectivity index (χ1n) is 2.07. The van der Waals surface area contributed by atoms with Gasteiger partial charge in [-0.2, -0.15) is 0 Å². The standard InChI is InChI=1S/C3H10O2Si2/c1-6-5-7(2,3)4/h4,6H,1H2,2-3H3. The van der Waals surface area contributed by atoms with Crippen molar-refractivity contribution in [2.75, 3.05) is 0 Å². The molecule has 0 unspecified atom stereocenters. The Labute approximate surface area is 46.9 Å². The normalized spacial score (nSPS) is 10.7. The van der Waals surface area contributed by atoms with Crippen molar-refractivity contribution in [1.29, 1.82) is 0 Å². The molecule has 42 valence electrons. The van der Waals surface area contributed by atoms with Crippen LogP contribution < -0.4 is 0 Å². The zero-order valence-electron chi connectivity index (χ0n) is 4.64. The van der Waals surface area contributed by atoms with Crippen LogP contribution in [0, 0.1) is 0 Å². The molecule has 1 N–H and O–H groups in total. The quantitative estimate of drug-likeness (QED) is 0.515. The third-order valence-electron chi connectivity index (χ3n) is 0.372. The Hall–Kier alpha value is 0.0638. The molecule has 0 heterocycles. The lowest BCUT2D eigenvalue weighted by molar-refractivity contribution is 0.410. The third-order valence-corrected chi connectivity index (χ3v) is 3.35. The summed E-state index contributed by atoms with van der Waals surface area (Å²) >= 11 is 0. The summed E-state index contributed by atoms with van der Waals surface area (Å²) in [6.45, 7) is 3.45. The van der Waals surface area contributed by atoms with Crippen LogP contribution in [-0.4, -0.2) is 28.9 Å². The molecule has 2 nitrogen and oxygen atoms in total. The van der Waals surface area contributed by atoms with Crippen LogP contribution >= 0.6 is 0 Å². The van der Waals surface area contributed by atoms with Gasteiger partial charge in [-0.15, -0.1) is 0 Å². The molecule has 0 radical (unpaired) electrons. The third kappa shape index (κ3) is 6.06. The molecule has 0 bridgehead atoms. The summed E-state index contributed by atoms with van der Waals surface area (Å²) in [4.78, 5) is 8.92. The first-order chi connectivity index (χ1) is 3.06. The molecule has 0 saturated carbocycles. The van der Waals surface area contributed by atoms with Crippen molar-refractivity contribution in [2.24, 2.45) is 0 Å². The van der Waals surface area contributed by atoms with E-state index in [1.807, 2.05) is 0 Å². The number of rotatable bonds is 2. The second kappa shape index (κ2) is 2.39. The molecule has 0 aliphatic rings. The maximum Gasteiger partial charge on any atom is 0.375 e. The summed E-state index contributed by atoms with van der Waals surface area (Å²) < 4.78 is 4.90. The Morgan fingerprint density at radius 2 is 2.14 bits per heavy atom. The van der Waals surface area contributed by atoms with Crippen molar-refractivity contribution in [3.05, 3.63) is 0 Å². The van der Waals surface area contributed by atoms with Gasteiger partial charge in [-0.25, -0.2) is 0 Å². The lowest BCUT2D eigenvalue weighted by Crippen LogP contribution is -2.29. The van der Waals surface area contributed by atoms with Crippen LogP contribution in [0.5, 0.6) is 0 Å². The topological polar surface area (TPSA) is 29.5 Å². The molecule has 0 aromatic heterocycles. The molecule has 0 amide bonds. The minimum absolute atomic E-state index is 0.229. The minimum Gasteiger partial charge on any atom is -0.588 e. The lowest BCUT2D eigenvalue weighted by atomic mass is 11.9. The van der Waals surface area contributed by atoms with Crippen molar-refractivity contribution in [3.63, 3.8) is 0 Å². The highest BCUT2D eigenvalue weighted by Gasteiger charge is 2.15. The van der Waals surface area contributed by atoms with Gasteiger partial charge in [0.1, 0.15) is 0 Å². The Kier molecular flexibility index (Phi) is 2.41. The first kappa shape index (κ1) is 7.06. The smallest absolute Gasteiger partial charge is 0.375 e. The van der Waals surface area contributed by atoms with Crippen molar-refractivity contribution in [2.45, 2.75) is 13.1 Å². The zero-order chi connectivity index (χ0) is 5.91. The molecule has 7 heavy (non-hydrogen) atoms. The van der Waals surface area contributed by atoms with Gasteiger partial charge < -0.3 is 8.91 Å². The van der Waals surface area contributed by atoms with Crippen LogP contribution in [0.25, 0.3) is 0 Å². The van der Waals surface area contributed by atoms with Crippen LogP contribution in [0.15, 0.2) is 0 Å². The van der Waals surface area contributed by atoms with E-state index in [4.69, 9.17) is 8.91 Å². The van der Waals surface area contributed by atoms with E-state index in [-0.39, 0.29) is 9.38 Å². The molecule has 0 atom stereocenters. The van der Waals surface area contributed by atoms with E-state index in [9.17, 15) is 0 Å². The van der Waals surface area contributed by atoms with E-state index >= 15 is 0 Å². The molecule has 0 rings (SSSR count). The van der Waals surface area contributed by atoms with Crippen molar-refractivity contribution in [3.8, 4) is 0 Å². The average molecular weight is 134 g/mol. The van der Waals surface area contributed by atoms with E-state index in [2.05, 4.69) is 6.17 Å². The van der Waals surface area contributed by atoms with Gasteiger partial charge in [0, 0.05) is 0 Å². The molecule has 0 aliphatic carbocycles. The van der Waals surface area contributed by atoms with Gasteiger partial charge in [0.2, 0.25) is 0 Å². The monoisotopic (exact) mass is 134 g/mol. The van der Waals surface area contributed by atoms with Crippen LogP contribution in [-0.2, 0) is 4.12 Å². The lowest BCUT2D eigenvalue weighted by Gasteiger charge is -2.12. The fraction of sp³-hybridized carbons (Fsp3) is 0.667. The Balaban J connectivity index is 3.34. The Morgan fingerprint density at radius 1 is 1.71 bits per heavy atom. The molecule has 0 spiro atoms. The largest absolute Gasteiger partial charge is 0.588 e. The van der Waals surface area contributed by atoms with E-state index in [1.165, 1.54) is 0 Å². The van der Waals surface area contributed by atoms with E-state index in [1.54, 1.807) is 13.1 Å². The fourth-order valence-corrected chi connectivity index (χ4v) is 1.84. The van der Waals surface area contributed by atoms with E-state index in [0.717, 1.165) is 0 Å². The fourth-order valence-electron chi connectivity index (χ4n) is 0.204. The predicted molar refractivity (Wildman–Crippen MR) is 35.1 cm³/mol. The second-order valence-electron chi connectivity index (χ2n) is 1.73. The Bertz CT molecular complexity index is 65.8. The highest BCUT2D eigenvalue weighted by atomic mass is 28.4. The van der Waals surface area contributed by atoms with Crippen molar-refractivity contribution < 1.29 is 8.91 Å². The molecule has 4 heteroatoms. The molecule has 0 saturated heterocycles. The Morgan fingerprint density at radius 3 is 2.14 bits per heavy atom. The summed E-state index contributed by atoms with van der Waals surface area (Å²) in [6, 6.07) is 0. The zero-order valence-corrected chi connectivity index (χ0v) is 6.79. The summed E-state index contributed by atoms with van der Waals surface area (Å²) in [6.07, 6.45) is 3.51. The maximum atomic E-state index is 8.92. The van der Waals surface area contributed by atoms with Crippen LogP contribution in [0.3, 0.4) is 0 Å². The summed E-state index contributed by atoms with van der Waals surface area (Å²) in [5.74, 6) is 0. The van der Waals surface area contributed by atoms with E-state index < -0.39 is 8.56 Å². The highest BCUT2D eigenvalue weighted by Crippen LogP contribution is 1.92. The minimum atomic E-state index is -2.18. The van der Waals surface area contributed by atoms with Gasteiger partial charge in [-0.3, -0.25) is 0 Å². The second-order valence-corrected chi connectivity index (χ2v) is 5.90. The molecular formula is C3H10O2Si2. The number of hydrogen-bond acceptors (Lipinski definition) is 2. The summed E-state index contributed by atoms with van der Waals surface area (Å²) in [7, 11) is -2.41. The molecule has 0 aliphatic heterocycles. The molecule has 0 aromatic rings. The van der Waals surface area contributed by atoms with Gasteiger partial charge in [0.25, 0.3) is 0 Å². The van der Waals surface area contributed by atoms with Gasteiger partial charge >= 0.3 is 8.56 Å². The summed E-state index contributed by atoms with van der Waals surface area (Å²) in [5.41, 5.74) is 0. The highest BCUT2D eigenvalue weighted by molar-refractivity contribution is 6.68. The predicted octanol–water partition coefficient (Wildman–Crippen LogP) is -0.519. The van der Waals surface area contributed by atoms with Crippen LogP contribution in [0.2, 0.25) is 13.1 Å². The van der Waals surface area contributed by atoms with Crippen molar-refractivity contribution in [1.82, 2.24) is 0 Å². The van der Waals surface area contributed by atoms with Gasteiger partial charge in [-0.05, 0) is 13.1 Å². The van der Waals surface area contributed by atoms with Gasteiger partial charge in [0.05, 0.1) is 0 Å². The summed E-state index contributed by atoms with van der Waals surface area (Å²) in [5, 5.41) is 0. The number of hydrogen-bond donors (Lipinski definition) is 1. The molecular weight excluding hydrogens is 124 g/mol. The average Bonchev–Trinajstić information content (AvgIpc) is 1.30.